The minimum Gasteiger partial charge on any atom is -0.490 e. The molecule has 0 radical (unpaired) electrons. The molecule has 3 aliphatic heterocycles. The molecule has 154 valence electrons. The number of ether oxygens (including phenoxy) is 3. The summed E-state index contributed by atoms with van der Waals surface area (Å²) < 4.78 is 18.0. The van der Waals surface area contributed by atoms with Crippen molar-refractivity contribution in [3.8, 4) is 17.2 Å². The molecule has 3 atom stereocenters. The van der Waals surface area contributed by atoms with Crippen molar-refractivity contribution in [1.82, 2.24) is 9.88 Å². The van der Waals surface area contributed by atoms with Crippen molar-refractivity contribution < 1.29 is 19.3 Å². The number of rotatable bonds is 5. The van der Waals surface area contributed by atoms with Gasteiger partial charge in [-0.1, -0.05) is 12.1 Å². The van der Waals surface area contributed by atoms with Gasteiger partial charge in [-0.15, -0.1) is 0 Å². The highest BCUT2D eigenvalue weighted by atomic mass is 16.6. The average Bonchev–Trinajstić information content (AvgIpc) is 2.99. The van der Waals surface area contributed by atoms with Crippen molar-refractivity contribution in [1.29, 1.82) is 0 Å². The van der Waals surface area contributed by atoms with Crippen LogP contribution in [0.3, 0.4) is 0 Å². The van der Waals surface area contributed by atoms with Gasteiger partial charge < -0.3 is 19.3 Å². The topological polar surface area (TPSA) is 64.1 Å². The predicted octanol–water partition coefficient (Wildman–Crippen LogP) is 3.13. The number of aliphatic hydroxyl groups is 1. The van der Waals surface area contributed by atoms with Gasteiger partial charge in [0, 0.05) is 24.8 Å². The first-order chi connectivity index (χ1) is 14.2. The zero-order chi connectivity index (χ0) is 19.8. The van der Waals surface area contributed by atoms with Crippen LogP contribution in [0.5, 0.6) is 17.2 Å². The third-order valence-corrected chi connectivity index (χ3v) is 6.43. The number of hydrogen-bond acceptors (Lipinski definition) is 6. The number of fused-ring (bicyclic) bond motifs is 3. The van der Waals surface area contributed by atoms with Gasteiger partial charge in [0.05, 0.1) is 12.3 Å². The molecule has 0 spiro atoms. The molecule has 2 bridgehead atoms. The molecule has 0 aliphatic carbocycles. The first-order valence-corrected chi connectivity index (χ1v) is 10.6. The van der Waals surface area contributed by atoms with Crippen molar-refractivity contribution in [2.75, 3.05) is 19.8 Å². The van der Waals surface area contributed by atoms with Crippen LogP contribution in [0.4, 0.5) is 0 Å². The third kappa shape index (κ3) is 3.45. The van der Waals surface area contributed by atoms with Crippen LogP contribution in [0, 0.1) is 0 Å². The summed E-state index contributed by atoms with van der Waals surface area (Å²) in [5.41, 5.74) is -0.0357. The molecular formula is C23H28N2O4. The maximum absolute atomic E-state index is 11.3. The molecule has 1 N–H and O–H groups in total. The van der Waals surface area contributed by atoms with E-state index in [1.807, 2.05) is 43.3 Å². The Morgan fingerprint density at radius 1 is 1.17 bits per heavy atom. The maximum atomic E-state index is 11.3. The van der Waals surface area contributed by atoms with Crippen molar-refractivity contribution in [3.63, 3.8) is 0 Å². The van der Waals surface area contributed by atoms with Crippen LogP contribution in [-0.4, -0.2) is 52.9 Å². The van der Waals surface area contributed by atoms with Crippen LogP contribution < -0.4 is 14.2 Å². The van der Waals surface area contributed by atoms with Gasteiger partial charge in [0.2, 0.25) is 5.75 Å². The standard InChI is InChI=1S/C23H28N2O4/c1-2-27-19-6-5-7-20-22(19)29-18(15-28-20)14-25-16-9-10-17(25)13-23(26,12-16)21-8-3-4-11-24-21/h3-8,11,16-18,26H,2,9-10,12-15H2,1H3/t16?,17?,18-,23?/m0/s1. The number of benzene rings is 1. The van der Waals surface area contributed by atoms with Gasteiger partial charge in [0.15, 0.2) is 11.5 Å². The molecule has 6 heteroatoms. The van der Waals surface area contributed by atoms with Gasteiger partial charge in [-0.05, 0) is 56.9 Å². The van der Waals surface area contributed by atoms with Crippen LogP contribution in [0.1, 0.15) is 38.3 Å². The molecule has 5 rings (SSSR count). The van der Waals surface area contributed by atoms with E-state index < -0.39 is 5.60 Å². The van der Waals surface area contributed by atoms with Gasteiger partial charge >= 0.3 is 0 Å². The maximum Gasteiger partial charge on any atom is 0.204 e. The van der Waals surface area contributed by atoms with Crippen molar-refractivity contribution in [3.05, 3.63) is 48.3 Å². The van der Waals surface area contributed by atoms with Crippen LogP contribution >= 0.6 is 0 Å². The Morgan fingerprint density at radius 2 is 2.00 bits per heavy atom. The molecule has 1 aromatic heterocycles. The molecule has 2 saturated heterocycles. The van der Waals surface area contributed by atoms with E-state index in [-0.39, 0.29) is 6.10 Å². The zero-order valence-corrected chi connectivity index (χ0v) is 16.8. The second kappa shape index (κ2) is 7.50. The summed E-state index contributed by atoms with van der Waals surface area (Å²) >= 11 is 0. The number of piperidine rings is 1. The summed E-state index contributed by atoms with van der Waals surface area (Å²) in [4.78, 5) is 6.95. The molecule has 6 nitrogen and oxygen atoms in total. The Morgan fingerprint density at radius 3 is 2.72 bits per heavy atom. The summed E-state index contributed by atoms with van der Waals surface area (Å²) in [5, 5.41) is 11.3. The lowest BCUT2D eigenvalue weighted by Crippen LogP contribution is -2.53. The van der Waals surface area contributed by atoms with E-state index in [1.54, 1.807) is 6.20 Å². The first-order valence-electron chi connectivity index (χ1n) is 10.6. The summed E-state index contributed by atoms with van der Waals surface area (Å²) in [6.07, 6.45) is 5.36. The molecular weight excluding hydrogens is 368 g/mol. The molecule has 0 amide bonds. The second-order valence-corrected chi connectivity index (χ2v) is 8.30. The van der Waals surface area contributed by atoms with Crippen LogP contribution in [-0.2, 0) is 5.60 Å². The Hall–Kier alpha value is -2.31. The Kier molecular flexibility index (Phi) is 4.84. The van der Waals surface area contributed by atoms with Crippen LogP contribution in [0.25, 0.3) is 0 Å². The fourth-order valence-corrected chi connectivity index (χ4v) is 5.16. The lowest BCUT2D eigenvalue weighted by atomic mass is 9.83. The summed E-state index contributed by atoms with van der Waals surface area (Å²) in [7, 11) is 0. The lowest BCUT2D eigenvalue weighted by Gasteiger charge is -2.44. The highest BCUT2D eigenvalue weighted by Gasteiger charge is 2.49. The smallest absolute Gasteiger partial charge is 0.204 e. The minimum absolute atomic E-state index is 0.0479. The van der Waals surface area contributed by atoms with Gasteiger partial charge in [-0.25, -0.2) is 0 Å². The van der Waals surface area contributed by atoms with E-state index in [0.29, 0.717) is 31.0 Å². The van der Waals surface area contributed by atoms with E-state index in [4.69, 9.17) is 14.2 Å². The number of nitrogens with zero attached hydrogens (tertiary/aromatic N) is 2. The van der Waals surface area contributed by atoms with Gasteiger partial charge in [0.25, 0.3) is 0 Å². The highest BCUT2D eigenvalue weighted by Crippen LogP contribution is 2.46. The molecule has 2 fully saturated rings. The average molecular weight is 396 g/mol. The summed E-state index contributed by atoms with van der Waals surface area (Å²) in [5.74, 6) is 2.19. The number of aromatic nitrogens is 1. The molecule has 3 aliphatic rings. The quantitative estimate of drug-likeness (QED) is 0.838. The van der Waals surface area contributed by atoms with Crippen LogP contribution in [0.2, 0.25) is 0 Å². The molecule has 0 saturated carbocycles. The monoisotopic (exact) mass is 396 g/mol. The summed E-state index contributed by atoms with van der Waals surface area (Å²) in [6.45, 7) is 3.89. The van der Waals surface area contributed by atoms with Gasteiger partial charge in [-0.2, -0.15) is 0 Å². The summed E-state index contributed by atoms with van der Waals surface area (Å²) in [6, 6.07) is 12.2. The fourth-order valence-electron chi connectivity index (χ4n) is 5.16. The van der Waals surface area contributed by atoms with E-state index in [0.717, 1.165) is 49.4 Å². The van der Waals surface area contributed by atoms with E-state index in [2.05, 4.69) is 9.88 Å². The highest BCUT2D eigenvalue weighted by molar-refractivity contribution is 5.52. The van der Waals surface area contributed by atoms with Crippen molar-refractivity contribution in [2.24, 2.45) is 0 Å². The lowest BCUT2D eigenvalue weighted by molar-refractivity contribution is -0.0713. The zero-order valence-electron chi connectivity index (χ0n) is 16.8. The fraction of sp³-hybridized carbons (Fsp3) is 0.522. The van der Waals surface area contributed by atoms with E-state index >= 15 is 0 Å². The second-order valence-electron chi connectivity index (χ2n) is 8.30. The van der Waals surface area contributed by atoms with E-state index in [9.17, 15) is 5.11 Å². The molecule has 4 heterocycles. The van der Waals surface area contributed by atoms with E-state index in [1.165, 1.54) is 0 Å². The van der Waals surface area contributed by atoms with Crippen molar-refractivity contribution in [2.45, 2.75) is 56.4 Å². The third-order valence-electron chi connectivity index (χ3n) is 6.43. The predicted molar refractivity (Wildman–Crippen MR) is 108 cm³/mol. The number of pyridine rings is 1. The van der Waals surface area contributed by atoms with Gasteiger partial charge in [0.1, 0.15) is 18.3 Å². The molecule has 1 aromatic carbocycles. The number of hydrogen-bond donors (Lipinski definition) is 1. The van der Waals surface area contributed by atoms with Gasteiger partial charge in [-0.3, -0.25) is 9.88 Å². The van der Waals surface area contributed by atoms with Crippen LogP contribution in [0.15, 0.2) is 42.6 Å². The molecule has 2 aromatic rings. The molecule has 29 heavy (non-hydrogen) atoms. The largest absolute Gasteiger partial charge is 0.490 e. The van der Waals surface area contributed by atoms with Crippen molar-refractivity contribution >= 4 is 0 Å². The normalized spacial score (nSPS) is 30.9. The Balaban J connectivity index is 1.29. The number of para-hydroxylation sites is 1. The Bertz CT molecular complexity index is 845. The first kappa shape index (κ1) is 18.7. The SMILES string of the molecule is CCOc1cccc2c1O[C@@H](CN1C3CCC1CC(O)(c1ccccn1)C3)CO2. The molecule has 2 unspecified atom stereocenters. The Labute approximate surface area is 171 Å². The minimum atomic E-state index is -0.831.